The summed E-state index contributed by atoms with van der Waals surface area (Å²) >= 11 is 0. The average molecular weight is 533 g/mol. The van der Waals surface area contributed by atoms with Crippen LogP contribution in [0.2, 0.25) is 0 Å². The third-order valence-corrected chi connectivity index (χ3v) is 13.6. The molecule has 7 heteroatoms. The van der Waals surface area contributed by atoms with Gasteiger partial charge in [-0.15, -0.1) is 0 Å². The van der Waals surface area contributed by atoms with Crippen LogP contribution in [0.3, 0.4) is 0 Å². The number of fused-ring (bicyclic) bond motifs is 7. The molecule has 0 aliphatic heterocycles. The Morgan fingerprint density at radius 1 is 0.974 bits per heavy atom. The number of carbonyl (C=O) groups excluding carboxylic acids is 1. The van der Waals surface area contributed by atoms with Crippen molar-refractivity contribution in [2.24, 2.45) is 50.2 Å². The Hall–Kier alpha value is -1.44. The van der Waals surface area contributed by atoms with Gasteiger partial charge in [0, 0.05) is 5.41 Å². The summed E-state index contributed by atoms with van der Waals surface area (Å²) in [7, 11) is 1.41. The molecule has 0 aromatic rings. The lowest BCUT2D eigenvalue weighted by Crippen LogP contribution is -2.68. The molecule has 7 nitrogen and oxygen atoms in total. The van der Waals surface area contributed by atoms with Crippen molar-refractivity contribution in [3.63, 3.8) is 0 Å². The number of carboxylic acids is 1. The van der Waals surface area contributed by atoms with E-state index in [-0.39, 0.29) is 46.6 Å². The second kappa shape index (κ2) is 8.53. The van der Waals surface area contributed by atoms with E-state index in [2.05, 4.69) is 26.8 Å². The lowest BCUT2D eigenvalue weighted by atomic mass is 9.33. The predicted molar refractivity (Wildman–Crippen MR) is 142 cm³/mol. The van der Waals surface area contributed by atoms with Crippen LogP contribution in [-0.4, -0.2) is 58.3 Å². The lowest BCUT2D eigenvalue weighted by molar-refractivity contribution is -0.243. The van der Waals surface area contributed by atoms with Crippen LogP contribution in [0.5, 0.6) is 0 Å². The molecule has 38 heavy (non-hydrogen) atoms. The summed E-state index contributed by atoms with van der Waals surface area (Å²) in [4.78, 5) is 25.8. The number of rotatable bonds is 3. The maximum Gasteiger partial charge on any atom is 0.311 e. The first-order chi connectivity index (χ1) is 17.6. The van der Waals surface area contributed by atoms with Gasteiger partial charge in [0.15, 0.2) is 0 Å². The molecule has 0 saturated heterocycles. The fraction of sp³-hybridized carbons (Fsp3) is 0.871. The second-order valence-electron chi connectivity index (χ2n) is 14.9. The van der Waals surface area contributed by atoms with Crippen LogP contribution < -0.4 is 0 Å². The molecule has 0 spiro atoms. The van der Waals surface area contributed by atoms with Gasteiger partial charge in [-0.25, -0.2) is 0 Å². The van der Waals surface area contributed by atoms with Crippen molar-refractivity contribution < 1.29 is 34.8 Å². The summed E-state index contributed by atoms with van der Waals surface area (Å²) in [6.07, 6.45) is 6.37. The third kappa shape index (κ3) is 3.24. The maximum atomic E-state index is 12.9. The molecule has 0 bridgehead atoms. The van der Waals surface area contributed by atoms with Crippen LogP contribution in [0.25, 0.3) is 0 Å². The van der Waals surface area contributed by atoms with E-state index in [0.29, 0.717) is 32.1 Å². The summed E-state index contributed by atoms with van der Waals surface area (Å²) in [5, 5.41) is 43.0. The Morgan fingerprint density at radius 2 is 1.63 bits per heavy atom. The number of aliphatic carboxylic acids is 1. The second-order valence-corrected chi connectivity index (χ2v) is 14.9. The topological polar surface area (TPSA) is 124 Å². The van der Waals surface area contributed by atoms with Gasteiger partial charge < -0.3 is 25.2 Å². The van der Waals surface area contributed by atoms with Crippen LogP contribution in [-0.2, 0) is 14.3 Å². The minimum atomic E-state index is -0.954. The van der Waals surface area contributed by atoms with E-state index < -0.39 is 34.4 Å². The molecule has 0 radical (unpaired) electrons. The molecule has 4 fully saturated rings. The van der Waals surface area contributed by atoms with E-state index in [4.69, 9.17) is 4.74 Å². The molecular formula is C31H48O7. The quantitative estimate of drug-likeness (QED) is 0.315. The van der Waals surface area contributed by atoms with Crippen molar-refractivity contribution in [2.45, 2.75) is 105 Å². The number of carbonyl (C=O) groups is 2. The molecule has 0 unspecified atom stereocenters. The smallest absolute Gasteiger partial charge is 0.311 e. The molecule has 0 aromatic heterocycles. The van der Waals surface area contributed by atoms with Crippen molar-refractivity contribution in [1.29, 1.82) is 0 Å². The number of carboxylic acid groups (broad SMARTS) is 1. The molecule has 4 saturated carbocycles. The Bertz CT molecular complexity index is 1050. The van der Waals surface area contributed by atoms with Gasteiger partial charge in [-0.05, 0) is 98.7 Å². The fourth-order valence-electron chi connectivity index (χ4n) is 11.0. The van der Waals surface area contributed by atoms with Gasteiger partial charge in [0.05, 0.1) is 36.8 Å². The summed E-state index contributed by atoms with van der Waals surface area (Å²) in [6, 6.07) is 0. The van der Waals surface area contributed by atoms with E-state index in [9.17, 15) is 30.0 Å². The van der Waals surface area contributed by atoms with Crippen LogP contribution in [0.1, 0.15) is 92.4 Å². The lowest BCUT2D eigenvalue weighted by Gasteiger charge is -2.71. The van der Waals surface area contributed by atoms with Crippen LogP contribution in [0.15, 0.2) is 11.6 Å². The normalized spacial score (nSPS) is 53.9. The highest BCUT2D eigenvalue weighted by Gasteiger charge is 2.71. The van der Waals surface area contributed by atoms with Crippen LogP contribution in [0.4, 0.5) is 0 Å². The zero-order chi connectivity index (χ0) is 28.1. The first kappa shape index (κ1) is 28.1. The predicted octanol–water partition coefficient (Wildman–Crippen LogP) is 4.33. The van der Waals surface area contributed by atoms with Gasteiger partial charge in [0.1, 0.15) is 0 Å². The highest BCUT2D eigenvalue weighted by atomic mass is 16.5. The van der Waals surface area contributed by atoms with Crippen LogP contribution >= 0.6 is 0 Å². The molecule has 0 amide bonds. The monoisotopic (exact) mass is 532 g/mol. The molecule has 5 aliphatic carbocycles. The molecule has 214 valence electrons. The van der Waals surface area contributed by atoms with Crippen molar-refractivity contribution in [3.8, 4) is 0 Å². The van der Waals surface area contributed by atoms with Gasteiger partial charge in [-0.1, -0.05) is 39.3 Å². The van der Waals surface area contributed by atoms with Crippen molar-refractivity contribution in [1.82, 2.24) is 0 Å². The summed E-state index contributed by atoms with van der Waals surface area (Å²) in [5.41, 5.74) is -1.76. The van der Waals surface area contributed by atoms with E-state index in [1.165, 1.54) is 12.7 Å². The molecule has 11 atom stereocenters. The standard InChI is InChI=1S/C31H48O7/c1-26(25(37)38-6)11-13-31(24(35)36)14-12-29(4)18(19(31)15-26)7-8-22-27(2)16-20(33)23(34)28(3,17-32)21(27)9-10-30(22,29)5/h7,19-23,32-34H,8-17H2,1-6H3,(H,35,36)/t19-,20-,21+,22+,23-,26+,27+,28+,29+,30+,31-/m0/s1. The Morgan fingerprint density at radius 3 is 2.24 bits per heavy atom. The zero-order valence-corrected chi connectivity index (χ0v) is 24.0. The van der Waals surface area contributed by atoms with Crippen molar-refractivity contribution in [3.05, 3.63) is 11.6 Å². The number of aliphatic hydroxyl groups excluding tert-OH is 3. The first-order valence-electron chi connectivity index (χ1n) is 14.6. The number of hydrogen-bond acceptors (Lipinski definition) is 6. The van der Waals surface area contributed by atoms with Crippen molar-refractivity contribution >= 4 is 11.9 Å². The molecule has 5 rings (SSSR count). The van der Waals surface area contributed by atoms with Gasteiger partial charge in [-0.3, -0.25) is 9.59 Å². The molecule has 0 aromatic carbocycles. The van der Waals surface area contributed by atoms with E-state index >= 15 is 0 Å². The number of allylic oxidation sites excluding steroid dienone is 2. The molecule has 5 aliphatic rings. The van der Waals surface area contributed by atoms with Gasteiger partial charge in [0.25, 0.3) is 0 Å². The third-order valence-electron chi connectivity index (χ3n) is 13.6. The average Bonchev–Trinajstić information content (AvgIpc) is 2.87. The Balaban J connectivity index is 1.61. The summed E-state index contributed by atoms with van der Waals surface area (Å²) in [5.74, 6) is -0.919. The SMILES string of the molecule is COC(=O)[C@]1(C)CC[C@]2(C(=O)O)CC[C@]3(C)C(=CC[C@@H]4[C@]5(C)C[C@H](O)[C@H](O)[C@](C)(CO)[C@@H]5CC[C@]43C)[C@@H]2C1. The maximum absolute atomic E-state index is 12.9. The van der Waals surface area contributed by atoms with Gasteiger partial charge in [0.2, 0.25) is 0 Å². The summed E-state index contributed by atoms with van der Waals surface area (Å²) in [6.45, 7) is 10.6. The van der Waals surface area contributed by atoms with E-state index in [0.717, 1.165) is 25.7 Å². The fourth-order valence-corrected chi connectivity index (χ4v) is 11.0. The first-order valence-corrected chi connectivity index (χ1v) is 14.6. The number of hydrogen-bond donors (Lipinski definition) is 4. The van der Waals surface area contributed by atoms with E-state index in [1.807, 2.05) is 13.8 Å². The number of aliphatic hydroxyl groups is 3. The Kier molecular flexibility index (Phi) is 6.31. The Labute approximate surface area is 227 Å². The van der Waals surface area contributed by atoms with E-state index in [1.54, 1.807) is 0 Å². The highest BCUT2D eigenvalue weighted by Crippen LogP contribution is 2.75. The minimum Gasteiger partial charge on any atom is -0.481 e. The molecule has 0 heterocycles. The minimum absolute atomic E-state index is 0.0778. The van der Waals surface area contributed by atoms with Gasteiger partial charge >= 0.3 is 11.9 Å². The largest absolute Gasteiger partial charge is 0.481 e. The highest BCUT2D eigenvalue weighted by molar-refractivity contribution is 5.80. The van der Waals surface area contributed by atoms with Crippen LogP contribution in [0, 0.1) is 50.2 Å². The number of methoxy groups -OCH3 is 1. The zero-order valence-electron chi connectivity index (χ0n) is 24.0. The van der Waals surface area contributed by atoms with Crippen molar-refractivity contribution in [2.75, 3.05) is 13.7 Å². The van der Waals surface area contributed by atoms with Gasteiger partial charge in [-0.2, -0.15) is 0 Å². The molecule has 4 N–H and O–H groups in total. The summed E-state index contributed by atoms with van der Waals surface area (Å²) < 4.78 is 5.18. The molecular weight excluding hydrogens is 484 g/mol. The number of ether oxygens (including phenoxy) is 1. The number of esters is 1.